The van der Waals surface area contributed by atoms with E-state index in [1.54, 1.807) is 13.0 Å². The maximum Gasteiger partial charge on any atom is 0.128 e. The Morgan fingerprint density at radius 1 is 1.52 bits per heavy atom. The van der Waals surface area contributed by atoms with Crippen LogP contribution in [0.3, 0.4) is 0 Å². The van der Waals surface area contributed by atoms with Crippen LogP contribution >= 0.6 is 11.8 Å². The van der Waals surface area contributed by atoms with Gasteiger partial charge in [-0.15, -0.1) is 0 Å². The van der Waals surface area contributed by atoms with E-state index in [4.69, 9.17) is 9.47 Å². The summed E-state index contributed by atoms with van der Waals surface area (Å²) in [6, 6.07) is 4.32. The smallest absolute Gasteiger partial charge is 0.128 e. The van der Waals surface area contributed by atoms with Gasteiger partial charge in [0.2, 0.25) is 0 Å². The summed E-state index contributed by atoms with van der Waals surface area (Å²) in [5.74, 6) is 2.26. The molecule has 3 unspecified atom stereocenters. The predicted octanol–water partition coefficient (Wildman–Crippen LogP) is 3.31. The molecule has 0 amide bonds. The Hall–Kier alpha value is -0.780. The molecule has 1 spiro atoms. The minimum Gasteiger partial charge on any atom is -0.490 e. The van der Waals surface area contributed by atoms with Gasteiger partial charge in [-0.25, -0.2) is 4.39 Å². The number of halogens is 1. The number of aliphatic hydroxyl groups excluding tert-OH is 1. The van der Waals surface area contributed by atoms with Crippen molar-refractivity contribution in [2.75, 3.05) is 18.1 Å². The van der Waals surface area contributed by atoms with Crippen molar-refractivity contribution in [3.8, 4) is 5.75 Å². The first-order valence-electron chi connectivity index (χ1n) is 7.44. The van der Waals surface area contributed by atoms with Gasteiger partial charge < -0.3 is 14.6 Å². The second-order valence-corrected chi connectivity index (χ2v) is 7.03. The fourth-order valence-electron chi connectivity index (χ4n) is 3.08. The Balaban J connectivity index is 1.75. The second-order valence-electron chi connectivity index (χ2n) is 5.92. The average Bonchev–Trinajstić information content (AvgIpc) is 2.86. The highest BCUT2D eigenvalue weighted by Gasteiger charge is 2.41. The SMILES string of the molecule is CC(O)c1ccc(F)cc1OC1CCOC2(CCSC2)C1. The van der Waals surface area contributed by atoms with Crippen molar-refractivity contribution < 1.29 is 19.0 Å². The minimum atomic E-state index is -0.670. The molecule has 1 aromatic carbocycles. The molecule has 0 aromatic heterocycles. The molecule has 116 valence electrons. The van der Waals surface area contributed by atoms with Crippen molar-refractivity contribution in [2.45, 2.75) is 44.0 Å². The van der Waals surface area contributed by atoms with Gasteiger partial charge >= 0.3 is 0 Å². The van der Waals surface area contributed by atoms with Gasteiger partial charge in [0.05, 0.1) is 18.3 Å². The van der Waals surface area contributed by atoms with E-state index in [1.807, 2.05) is 11.8 Å². The largest absolute Gasteiger partial charge is 0.490 e. The Labute approximate surface area is 128 Å². The lowest BCUT2D eigenvalue weighted by Crippen LogP contribution is -2.43. The average molecular weight is 312 g/mol. The van der Waals surface area contributed by atoms with Gasteiger partial charge in [0.15, 0.2) is 0 Å². The number of rotatable bonds is 3. The molecular weight excluding hydrogens is 291 g/mol. The van der Waals surface area contributed by atoms with Crippen LogP contribution in [0, 0.1) is 5.82 Å². The highest BCUT2D eigenvalue weighted by atomic mass is 32.2. The number of thioether (sulfide) groups is 1. The molecule has 2 aliphatic heterocycles. The molecule has 1 N–H and O–H groups in total. The molecule has 0 bridgehead atoms. The minimum absolute atomic E-state index is 0.0248. The van der Waals surface area contributed by atoms with Crippen LogP contribution in [-0.2, 0) is 4.74 Å². The Morgan fingerprint density at radius 2 is 2.38 bits per heavy atom. The summed E-state index contributed by atoms with van der Waals surface area (Å²) in [5, 5.41) is 9.80. The summed E-state index contributed by atoms with van der Waals surface area (Å²) in [6.45, 7) is 2.35. The van der Waals surface area contributed by atoms with Crippen LogP contribution in [0.25, 0.3) is 0 Å². The van der Waals surface area contributed by atoms with E-state index in [-0.39, 0.29) is 17.5 Å². The number of hydrogen-bond donors (Lipinski definition) is 1. The molecule has 2 saturated heterocycles. The van der Waals surface area contributed by atoms with Crippen LogP contribution in [0.2, 0.25) is 0 Å². The third-order valence-corrected chi connectivity index (χ3v) is 5.46. The first kappa shape index (κ1) is 15.1. The van der Waals surface area contributed by atoms with E-state index >= 15 is 0 Å². The number of ether oxygens (including phenoxy) is 2. The number of aliphatic hydroxyl groups is 1. The quantitative estimate of drug-likeness (QED) is 0.929. The molecule has 3 rings (SSSR count). The second kappa shape index (κ2) is 6.15. The third kappa shape index (κ3) is 3.35. The summed E-state index contributed by atoms with van der Waals surface area (Å²) in [7, 11) is 0. The third-order valence-electron chi connectivity index (χ3n) is 4.23. The van der Waals surface area contributed by atoms with Crippen molar-refractivity contribution in [2.24, 2.45) is 0 Å². The normalized spacial score (nSPS) is 30.5. The molecule has 0 aliphatic carbocycles. The highest BCUT2D eigenvalue weighted by Crippen LogP contribution is 2.40. The maximum atomic E-state index is 13.5. The van der Waals surface area contributed by atoms with E-state index in [0.717, 1.165) is 30.8 Å². The maximum absolute atomic E-state index is 13.5. The van der Waals surface area contributed by atoms with E-state index in [0.29, 0.717) is 17.9 Å². The van der Waals surface area contributed by atoms with Crippen molar-refractivity contribution in [3.63, 3.8) is 0 Å². The van der Waals surface area contributed by atoms with Gasteiger partial charge in [0, 0.05) is 30.2 Å². The Morgan fingerprint density at radius 3 is 3.10 bits per heavy atom. The van der Waals surface area contributed by atoms with Crippen LogP contribution in [0.4, 0.5) is 4.39 Å². The van der Waals surface area contributed by atoms with Crippen LogP contribution < -0.4 is 4.74 Å². The summed E-state index contributed by atoms with van der Waals surface area (Å²) < 4.78 is 25.5. The summed E-state index contributed by atoms with van der Waals surface area (Å²) >= 11 is 1.92. The van der Waals surface area contributed by atoms with Gasteiger partial charge in [0.1, 0.15) is 17.7 Å². The van der Waals surface area contributed by atoms with Crippen LogP contribution in [0.5, 0.6) is 5.75 Å². The van der Waals surface area contributed by atoms with Gasteiger partial charge in [-0.05, 0) is 31.2 Å². The molecule has 0 radical (unpaired) electrons. The Kier molecular flexibility index (Phi) is 4.43. The molecule has 21 heavy (non-hydrogen) atoms. The van der Waals surface area contributed by atoms with Crippen molar-refractivity contribution in [3.05, 3.63) is 29.6 Å². The zero-order valence-electron chi connectivity index (χ0n) is 12.2. The van der Waals surface area contributed by atoms with Crippen molar-refractivity contribution >= 4 is 11.8 Å². The van der Waals surface area contributed by atoms with E-state index in [1.165, 1.54) is 12.1 Å². The van der Waals surface area contributed by atoms with Gasteiger partial charge in [-0.2, -0.15) is 11.8 Å². The van der Waals surface area contributed by atoms with Crippen LogP contribution in [0.15, 0.2) is 18.2 Å². The van der Waals surface area contributed by atoms with Crippen LogP contribution in [0.1, 0.15) is 37.9 Å². The zero-order chi connectivity index (χ0) is 14.9. The predicted molar refractivity (Wildman–Crippen MR) is 81.3 cm³/mol. The molecule has 3 atom stereocenters. The first-order chi connectivity index (χ1) is 10.1. The first-order valence-corrected chi connectivity index (χ1v) is 8.59. The lowest BCUT2D eigenvalue weighted by molar-refractivity contribution is -0.0962. The van der Waals surface area contributed by atoms with Gasteiger partial charge in [-0.1, -0.05) is 0 Å². The summed E-state index contributed by atoms with van der Waals surface area (Å²) in [6.07, 6.45) is 2.07. The van der Waals surface area contributed by atoms with Crippen molar-refractivity contribution in [1.82, 2.24) is 0 Å². The number of benzene rings is 1. The number of hydrogen-bond acceptors (Lipinski definition) is 4. The molecule has 2 aliphatic rings. The summed E-state index contributed by atoms with van der Waals surface area (Å²) in [4.78, 5) is 0. The lowest BCUT2D eigenvalue weighted by atomic mass is 9.91. The lowest BCUT2D eigenvalue weighted by Gasteiger charge is -2.38. The monoisotopic (exact) mass is 312 g/mol. The van der Waals surface area contributed by atoms with Gasteiger partial charge in [0.25, 0.3) is 0 Å². The fourth-order valence-corrected chi connectivity index (χ4v) is 4.46. The molecular formula is C16H21FO3S. The van der Waals surface area contributed by atoms with Crippen molar-refractivity contribution in [1.29, 1.82) is 0 Å². The molecule has 2 fully saturated rings. The molecule has 3 nitrogen and oxygen atoms in total. The topological polar surface area (TPSA) is 38.7 Å². The molecule has 0 saturated carbocycles. The van der Waals surface area contributed by atoms with E-state index < -0.39 is 6.10 Å². The fraction of sp³-hybridized carbons (Fsp3) is 0.625. The van der Waals surface area contributed by atoms with E-state index in [2.05, 4.69) is 0 Å². The summed E-state index contributed by atoms with van der Waals surface area (Å²) in [5.41, 5.74) is 0.573. The zero-order valence-corrected chi connectivity index (χ0v) is 13.0. The molecule has 5 heteroatoms. The standard InChI is InChI=1S/C16H21FO3S/c1-11(18)14-3-2-12(17)8-15(14)20-13-4-6-19-16(9-13)5-7-21-10-16/h2-3,8,11,13,18H,4-7,9-10H2,1H3. The van der Waals surface area contributed by atoms with Gasteiger partial charge in [-0.3, -0.25) is 0 Å². The molecule has 1 aromatic rings. The molecule has 2 heterocycles. The highest BCUT2D eigenvalue weighted by molar-refractivity contribution is 7.99. The Bertz CT molecular complexity index is 500. The van der Waals surface area contributed by atoms with Crippen LogP contribution in [-0.4, -0.2) is 34.9 Å². The van der Waals surface area contributed by atoms with E-state index in [9.17, 15) is 9.50 Å².